The fraction of sp³-hybridized carbons (Fsp3) is 0.562. The molecule has 2 aliphatic rings. The highest BCUT2D eigenvalue weighted by atomic mass is 16.5. The largest absolute Gasteiger partial charge is 0.490 e. The molecule has 1 aliphatic carbocycles. The number of ether oxygens (including phenoxy) is 2. The van der Waals surface area contributed by atoms with Crippen LogP contribution < -0.4 is 4.74 Å². The van der Waals surface area contributed by atoms with E-state index in [-0.39, 0.29) is 5.78 Å². The third-order valence-corrected chi connectivity index (χ3v) is 3.72. The van der Waals surface area contributed by atoms with Crippen molar-refractivity contribution in [3.8, 4) is 5.75 Å². The number of carbonyl (C=O) groups is 1. The lowest BCUT2D eigenvalue weighted by Gasteiger charge is -2.09. The molecule has 0 radical (unpaired) electrons. The number of hydrogen-bond donors (Lipinski definition) is 0. The topological polar surface area (TPSA) is 35.5 Å². The van der Waals surface area contributed by atoms with E-state index in [2.05, 4.69) is 0 Å². The highest BCUT2D eigenvalue weighted by molar-refractivity contribution is 5.96. The van der Waals surface area contributed by atoms with Crippen molar-refractivity contribution in [1.29, 1.82) is 0 Å². The third-order valence-electron chi connectivity index (χ3n) is 3.72. The Bertz CT molecular complexity index is 428. The van der Waals surface area contributed by atoms with Crippen molar-refractivity contribution in [2.24, 2.45) is 0 Å². The zero-order valence-electron chi connectivity index (χ0n) is 11.1. The molecule has 1 unspecified atom stereocenters. The molecular weight excluding hydrogens is 240 g/mol. The number of benzene rings is 1. The van der Waals surface area contributed by atoms with E-state index in [9.17, 15) is 4.79 Å². The van der Waals surface area contributed by atoms with Gasteiger partial charge in [0.05, 0.1) is 12.2 Å². The minimum atomic E-state index is 0.202. The molecule has 0 spiro atoms. The summed E-state index contributed by atoms with van der Waals surface area (Å²) in [6.07, 6.45) is 6.66. The third kappa shape index (κ3) is 3.57. The van der Waals surface area contributed by atoms with Crippen LogP contribution in [0, 0.1) is 0 Å². The molecule has 19 heavy (non-hydrogen) atoms. The maximum Gasteiger partial charge on any atom is 0.162 e. The van der Waals surface area contributed by atoms with Crippen molar-refractivity contribution in [2.45, 2.75) is 50.7 Å². The van der Waals surface area contributed by atoms with Crippen molar-refractivity contribution in [3.63, 3.8) is 0 Å². The summed E-state index contributed by atoms with van der Waals surface area (Å²) < 4.78 is 11.2. The second-order valence-electron chi connectivity index (χ2n) is 5.44. The molecule has 0 bridgehead atoms. The minimum absolute atomic E-state index is 0.202. The fourth-order valence-corrected chi connectivity index (χ4v) is 2.41. The lowest BCUT2D eigenvalue weighted by atomic mass is 10.0. The zero-order valence-corrected chi connectivity index (χ0v) is 11.1. The smallest absolute Gasteiger partial charge is 0.162 e. The Hall–Kier alpha value is -1.35. The molecule has 1 atom stereocenters. The predicted octanol–water partition coefficient (Wildman–Crippen LogP) is 3.37. The maximum atomic E-state index is 12.1. The molecular formula is C16H20O3. The number of ketones is 1. The van der Waals surface area contributed by atoms with Gasteiger partial charge >= 0.3 is 0 Å². The highest BCUT2D eigenvalue weighted by Gasteiger charge is 2.23. The zero-order chi connectivity index (χ0) is 13.1. The van der Waals surface area contributed by atoms with Crippen molar-refractivity contribution >= 4 is 5.78 Å². The van der Waals surface area contributed by atoms with Crippen LogP contribution in [0.25, 0.3) is 0 Å². The van der Waals surface area contributed by atoms with E-state index in [1.54, 1.807) is 0 Å². The summed E-state index contributed by atoms with van der Waals surface area (Å²) in [5.41, 5.74) is 0.779. The van der Waals surface area contributed by atoms with Crippen LogP contribution in [0.15, 0.2) is 24.3 Å². The Balaban J connectivity index is 1.50. The molecule has 1 saturated heterocycles. The van der Waals surface area contributed by atoms with Gasteiger partial charge in [-0.2, -0.15) is 0 Å². The summed E-state index contributed by atoms with van der Waals surface area (Å²) in [4.78, 5) is 12.1. The Kier molecular flexibility index (Phi) is 3.83. The van der Waals surface area contributed by atoms with Gasteiger partial charge < -0.3 is 9.47 Å². The highest BCUT2D eigenvalue weighted by Crippen LogP contribution is 2.27. The van der Waals surface area contributed by atoms with Crippen LogP contribution in [-0.4, -0.2) is 24.6 Å². The Morgan fingerprint density at radius 2 is 2.00 bits per heavy atom. The summed E-state index contributed by atoms with van der Waals surface area (Å²) >= 11 is 0. The summed E-state index contributed by atoms with van der Waals surface area (Å²) in [5, 5.41) is 0. The van der Waals surface area contributed by atoms with Crippen LogP contribution in [0.1, 0.15) is 48.9 Å². The van der Waals surface area contributed by atoms with E-state index in [0.717, 1.165) is 50.0 Å². The average molecular weight is 260 g/mol. The second kappa shape index (κ2) is 5.74. The Labute approximate surface area is 113 Å². The van der Waals surface area contributed by atoms with Crippen LogP contribution in [0.5, 0.6) is 5.75 Å². The van der Waals surface area contributed by atoms with Gasteiger partial charge in [0, 0.05) is 18.6 Å². The van der Waals surface area contributed by atoms with Gasteiger partial charge in [0.1, 0.15) is 5.75 Å². The molecule has 1 heterocycles. The van der Waals surface area contributed by atoms with E-state index in [0.29, 0.717) is 18.6 Å². The van der Waals surface area contributed by atoms with Crippen LogP contribution in [0.3, 0.4) is 0 Å². The SMILES string of the molecule is O=C(CCC1CCCO1)c1ccc(OC2CC2)cc1. The Morgan fingerprint density at radius 1 is 1.21 bits per heavy atom. The first-order chi connectivity index (χ1) is 9.31. The normalized spacial score (nSPS) is 22.4. The lowest BCUT2D eigenvalue weighted by Crippen LogP contribution is -2.08. The minimum Gasteiger partial charge on any atom is -0.490 e. The lowest BCUT2D eigenvalue weighted by molar-refractivity contribution is 0.0859. The van der Waals surface area contributed by atoms with E-state index >= 15 is 0 Å². The van der Waals surface area contributed by atoms with Crippen LogP contribution in [0.4, 0.5) is 0 Å². The van der Waals surface area contributed by atoms with Gasteiger partial charge in [-0.15, -0.1) is 0 Å². The average Bonchev–Trinajstić information content (AvgIpc) is 3.09. The van der Waals surface area contributed by atoms with E-state index in [4.69, 9.17) is 9.47 Å². The summed E-state index contributed by atoms with van der Waals surface area (Å²) in [6, 6.07) is 7.54. The molecule has 1 aliphatic heterocycles. The first-order valence-corrected chi connectivity index (χ1v) is 7.23. The summed E-state index contributed by atoms with van der Waals surface area (Å²) in [5.74, 6) is 1.08. The van der Waals surface area contributed by atoms with E-state index in [1.165, 1.54) is 0 Å². The molecule has 0 N–H and O–H groups in total. The molecule has 102 valence electrons. The van der Waals surface area contributed by atoms with Gasteiger partial charge in [-0.3, -0.25) is 4.79 Å². The molecule has 1 aromatic carbocycles. The summed E-state index contributed by atoms with van der Waals surface area (Å²) in [7, 11) is 0. The molecule has 3 heteroatoms. The van der Waals surface area contributed by atoms with Gasteiger partial charge in [0.2, 0.25) is 0 Å². The molecule has 3 rings (SSSR count). The second-order valence-corrected chi connectivity index (χ2v) is 5.44. The number of Topliss-reactive ketones (excluding diaryl/α,β-unsaturated/α-hetero) is 1. The van der Waals surface area contributed by atoms with Crippen molar-refractivity contribution < 1.29 is 14.3 Å². The Morgan fingerprint density at radius 3 is 2.63 bits per heavy atom. The first-order valence-electron chi connectivity index (χ1n) is 7.23. The van der Waals surface area contributed by atoms with E-state index < -0.39 is 0 Å². The first kappa shape index (κ1) is 12.7. The molecule has 0 aromatic heterocycles. The van der Waals surface area contributed by atoms with Gasteiger partial charge in [-0.05, 0) is 56.4 Å². The van der Waals surface area contributed by atoms with Crippen molar-refractivity contribution in [2.75, 3.05) is 6.61 Å². The van der Waals surface area contributed by atoms with Crippen LogP contribution >= 0.6 is 0 Å². The fourth-order valence-electron chi connectivity index (χ4n) is 2.41. The van der Waals surface area contributed by atoms with Crippen LogP contribution in [0.2, 0.25) is 0 Å². The molecule has 3 nitrogen and oxygen atoms in total. The van der Waals surface area contributed by atoms with Gasteiger partial charge in [-0.1, -0.05) is 0 Å². The number of carbonyl (C=O) groups excluding carboxylic acids is 1. The van der Waals surface area contributed by atoms with E-state index in [1.807, 2.05) is 24.3 Å². The quantitative estimate of drug-likeness (QED) is 0.736. The molecule has 2 fully saturated rings. The number of rotatable bonds is 6. The van der Waals surface area contributed by atoms with Crippen molar-refractivity contribution in [1.82, 2.24) is 0 Å². The maximum absolute atomic E-state index is 12.1. The molecule has 1 saturated carbocycles. The van der Waals surface area contributed by atoms with Crippen molar-refractivity contribution in [3.05, 3.63) is 29.8 Å². The van der Waals surface area contributed by atoms with Gasteiger partial charge in [-0.25, -0.2) is 0 Å². The summed E-state index contributed by atoms with van der Waals surface area (Å²) in [6.45, 7) is 0.853. The monoisotopic (exact) mass is 260 g/mol. The standard InChI is InChI=1S/C16H20O3/c17-16(10-9-13-2-1-11-18-13)12-3-5-14(6-4-12)19-15-7-8-15/h3-6,13,15H,1-2,7-11H2. The van der Waals surface area contributed by atoms with Gasteiger partial charge in [0.15, 0.2) is 5.78 Å². The predicted molar refractivity (Wildman–Crippen MR) is 72.6 cm³/mol. The molecule has 0 amide bonds. The van der Waals surface area contributed by atoms with Gasteiger partial charge in [0.25, 0.3) is 0 Å². The molecule has 1 aromatic rings. The van der Waals surface area contributed by atoms with Crippen LogP contribution in [-0.2, 0) is 4.74 Å². The number of hydrogen-bond acceptors (Lipinski definition) is 3.